The monoisotopic (exact) mass is 481 g/mol. The average Bonchev–Trinajstić information content (AvgIpc) is 3.11. The predicted octanol–water partition coefficient (Wildman–Crippen LogP) is 2.40. The Hall–Kier alpha value is -3.89. The number of hydrogen-bond donors (Lipinski definition) is 3. The van der Waals surface area contributed by atoms with E-state index in [0.717, 1.165) is 12.0 Å². The van der Waals surface area contributed by atoms with Gasteiger partial charge in [-0.3, -0.25) is 20.4 Å². The average molecular weight is 482 g/mol. The number of carbonyl (C=O) groups excluding carboxylic acids is 2. The van der Waals surface area contributed by atoms with E-state index >= 15 is 0 Å². The van der Waals surface area contributed by atoms with Gasteiger partial charge in [-0.2, -0.15) is 0 Å². The molecular formula is C24H23N3O6S. The minimum absolute atomic E-state index is 0.0645. The number of amides is 2. The Morgan fingerprint density at radius 3 is 2.18 bits per heavy atom. The third kappa shape index (κ3) is 5.72. The minimum atomic E-state index is -3.84. The molecule has 0 unspecified atom stereocenters. The zero-order valence-electron chi connectivity index (χ0n) is 18.1. The summed E-state index contributed by atoms with van der Waals surface area (Å²) in [5.74, 6) is -0.213. The van der Waals surface area contributed by atoms with E-state index in [2.05, 4.69) is 15.6 Å². The van der Waals surface area contributed by atoms with Crippen LogP contribution in [0.25, 0.3) is 0 Å². The molecule has 3 aromatic carbocycles. The lowest BCUT2D eigenvalue weighted by molar-refractivity contribution is 0.0846. The van der Waals surface area contributed by atoms with Crippen molar-refractivity contribution in [1.29, 1.82) is 0 Å². The maximum absolute atomic E-state index is 12.6. The summed E-state index contributed by atoms with van der Waals surface area (Å²) >= 11 is 0. The lowest BCUT2D eigenvalue weighted by atomic mass is 10.2. The molecule has 9 nitrogen and oxygen atoms in total. The van der Waals surface area contributed by atoms with Gasteiger partial charge in [0.25, 0.3) is 11.8 Å². The lowest BCUT2D eigenvalue weighted by Gasteiger charge is -2.11. The van der Waals surface area contributed by atoms with Crippen molar-refractivity contribution in [3.63, 3.8) is 0 Å². The zero-order valence-corrected chi connectivity index (χ0v) is 18.9. The zero-order chi connectivity index (χ0) is 24.0. The van der Waals surface area contributed by atoms with Gasteiger partial charge in [-0.25, -0.2) is 13.1 Å². The molecule has 176 valence electrons. The summed E-state index contributed by atoms with van der Waals surface area (Å²) in [5, 5.41) is 0. The van der Waals surface area contributed by atoms with Gasteiger partial charge < -0.3 is 9.47 Å². The van der Waals surface area contributed by atoms with Crippen molar-refractivity contribution >= 4 is 21.8 Å². The van der Waals surface area contributed by atoms with Crippen molar-refractivity contribution in [1.82, 2.24) is 15.6 Å². The Bertz CT molecular complexity index is 1300. The van der Waals surface area contributed by atoms with Gasteiger partial charge in [0.1, 0.15) is 0 Å². The summed E-state index contributed by atoms with van der Waals surface area (Å²) in [6.07, 6.45) is 0.739. The first-order chi connectivity index (χ1) is 16.4. The Balaban J connectivity index is 1.38. The van der Waals surface area contributed by atoms with E-state index in [1.807, 2.05) is 18.2 Å². The highest BCUT2D eigenvalue weighted by molar-refractivity contribution is 7.89. The van der Waals surface area contributed by atoms with Crippen molar-refractivity contribution in [2.75, 3.05) is 13.2 Å². The summed E-state index contributed by atoms with van der Waals surface area (Å²) in [6.45, 7) is 1.13. The smallest absolute Gasteiger partial charge is 0.269 e. The van der Waals surface area contributed by atoms with Gasteiger partial charge in [0.15, 0.2) is 11.5 Å². The van der Waals surface area contributed by atoms with E-state index in [-0.39, 0.29) is 22.6 Å². The van der Waals surface area contributed by atoms with Crippen LogP contribution in [0, 0.1) is 0 Å². The van der Waals surface area contributed by atoms with Gasteiger partial charge >= 0.3 is 0 Å². The molecule has 34 heavy (non-hydrogen) atoms. The highest BCUT2D eigenvalue weighted by Gasteiger charge is 2.18. The summed E-state index contributed by atoms with van der Waals surface area (Å²) < 4.78 is 38.9. The van der Waals surface area contributed by atoms with E-state index in [1.165, 1.54) is 30.3 Å². The van der Waals surface area contributed by atoms with Crippen LogP contribution in [0.4, 0.5) is 0 Å². The van der Waals surface area contributed by atoms with Crippen LogP contribution in [0.3, 0.4) is 0 Å². The first kappa shape index (κ1) is 23.3. The van der Waals surface area contributed by atoms with Crippen LogP contribution >= 0.6 is 0 Å². The Kier molecular flexibility index (Phi) is 7.09. The third-order valence-corrected chi connectivity index (χ3v) is 6.41. The van der Waals surface area contributed by atoms with E-state index in [4.69, 9.17) is 9.47 Å². The number of benzene rings is 3. The second-order valence-electron chi connectivity index (χ2n) is 7.46. The molecule has 1 aliphatic rings. The van der Waals surface area contributed by atoms with Crippen molar-refractivity contribution < 1.29 is 27.5 Å². The number of ether oxygens (including phenoxy) is 2. The van der Waals surface area contributed by atoms with Crippen LogP contribution in [0.2, 0.25) is 0 Å². The fourth-order valence-electron chi connectivity index (χ4n) is 3.22. The molecule has 1 heterocycles. The minimum Gasteiger partial charge on any atom is -0.490 e. The fraction of sp³-hybridized carbons (Fsp3) is 0.167. The molecule has 1 aliphatic heterocycles. The van der Waals surface area contributed by atoms with Gasteiger partial charge in [0, 0.05) is 24.1 Å². The summed E-state index contributed by atoms with van der Waals surface area (Å²) in [4.78, 5) is 24.9. The van der Waals surface area contributed by atoms with Gasteiger partial charge in [0.2, 0.25) is 10.0 Å². The van der Waals surface area contributed by atoms with Crippen molar-refractivity contribution in [3.8, 4) is 11.5 Å². The molecule has 0 aromatic heterocycles. The molecule has 0 saturated heterocycles. The van der Waals surface area contributed by atoms with Gasteiger partial charge in [-0.05, 0) is 42.0 Å². The molecule has 2 amide bonds. The standard InChI is InChI=1S/C24H23N3O6S/c28-23(26-27-24(29)19-10-11-21-22(15-19)33-13-5-12-32-21)18-8-4-9-20(14-18)34(30,31)25-16-17-6-2-1-3-7-17/h1-4,6-11,14-15,25H,5,12-13,16H2,(H,26,28)(H,27,29). The molecular weight excluding hydrogens is 458 g/mol. The molecule has 0 spiro atoms. The summed E-state index contributed by atoms with van der Waals surface area (Å²) in [5.41, 5.74) is 5.77. The quantitative estimate of drug-likeness (QED) is 0.465. The molecule has 0 radical (unpaired) electrons. The van der Waals surface area contributed by atoms with E-state index in [0.29, 0.717) is 24.7 Å². The van der Waals surface area contributed by atoms with Crippen LogP contribution in [0.5, 0.6) is 11.5 Å². The maximum atomic E-state index is 12.6. The number of fused-ring (bicyclic) bond motifs is 1. The highest BCUT2D eigenvalue weighted by atomic mass is 32.2. The third-order valence-electron chi connectivity index (χ3n) is 5.01. The topological polar surface area (TPSA) is 123 Å². The predicted molar refractivity (Wildman–Crippen MR) is 124 cm³/mol. The van der Waals surface area contributed by atoms with E-state index in [9.17, 15) is 18.0 Å². The molecule has 10 heteroatoms. The first-order valence-electron chi connectivity index (χ1n) is 10.6. The van der Waals surface area contributed by atoms with Gasteiger partial charge in [-0.1, -0.05) is 36.4 Å². The molecule has 0 atom stereocenters. The highest BCUT2D eigenvalue weighted by Crippen LogP contribution is 2.30. The number of hydrazine groups is 1. The van der Waals surface area contributed by atoms with Crippen molar-refractivity contribution in [2.24, 2.45) is 0 Å². The SMILES string of the molecule is O=C(NNC(=O)c1ccc2c(c1)OCCCO2)c1cccc(S(=O)(=O)NCc2ccccc2)c1. The van der Waals surface area contributed by atoms with Crippen LogP contribution in [0.15, 0.2) is 77.7 Å². The van der Waals surface area contributed by atoms with Gasteiger partial charge in [-0.15, -0.1) is 0 Å². The molecule has 3 aromatic rings. The van der Waals surface area contributed by atoms with Crippen molar-refractivity contribution in [3.05, 3.63) is 89.5 Å². The second kappa shape index (κ2) is 10.4. The van der Waals surface area contributed by atoms with Crippen LogP contribution in [0.1, 0.15) is 32.7 Å². The number of rotatable bonds is 6. The first-order valence-corrected chi connectivity index (χ1v) is 12.0. The fourth-order valence-corrected chi connectivity index (χ4v) is 4.29. The number of sulfonamides is 1. The number of hydrogen-bond acceptors (Lipinski definition) is 6. The molecule has 0 saturated carbocycles. The number of carbonyl (C=O) groups is 2. The largest absolute Gasteiger partial charge is 0.490 e. The summed E-state index contributed by atoms with van der Waals surface area (Å²) in [7, 11) is -3.84. The van der Waals surface area contributed by atoms with Crippen LogP contribution in [-0.2, 0) is 16.6 Å². The maximum Gasteiger partial charge on any atom is 0.269 e. The van der Waals surface area contributed by atoms with E-state index in [1.54, 1.807) is 24.3 Å². The Labute approximate surface area is 197 Å². The Morgan fingerprint density at radius 2 is 1.44 bits per heavy atom. The second-order valence-corrected chi connectivity index (χ2v) is 9.23. The van der Waals surface area contributed by atoms with Crippen LogP contribution < -0.4 is 25.0 Å². The van der Waals surface area contributed by atoms with Crippen LogP contribution in [-0.4, -0.2) is 33.4 Å². The van der Waals surface area contributed by atoms with E-state index < -0.39 is 21.8 Å². The van der Waals surface area contributed by atoms with Gasteiger partial charge in [0.05, 0.1) is 18.1 Å². The molecule has 0 fully saturated rings. The molecule has 3 N–H and O–H groups in total. The number of nitrogens with one attached hydrogen (secondary N) is 3. The molecule has 0 bridgehead atoms. The normalized spacial score (nSPS) is 12.9. The lowest BCUT2D eigenvalue weighted by Crippen LogP contribution is -2.41. The molecule has 4 rings (SSSR count). The Morgan fingerprint density at radius 1 is 0.765 bits per heavy atom. The van der Waals surface area contributed by atoms with Crippen molar-refractivity contribution in [2.45, 2.75) is 17.9 Å². The molecule has 0 aliphatic carbocycles. The summed E-state index contributed by atoms with van der Waals surface area (Å²) in [6, 6.07) is 19.3.